The number of rotatable bonds is 0. The molecule has 0 saturated heterocycles. The van der Waals surface area contributed by atoms with E-state index in [1.165, 1.54) is 24.2 Å². The van der Waals surface area contributed by atoms with Gasteiger partial charge in [-0.3, -0.25) is 5.32 Å². The van der Waals surface area contributed by atoms with Gasteiger partial charge in [0, 0.05) is 18.8 Å². The van der Waals surface area contributed by atoms with Gasteiger partial charge in [0.25, 0.3) is 0 Å². The zero-order valence-electron chi connectivity index (χ0n) is 5.93. The van der Waals surface area contributed by atoms with Gasteiger partial charge >= 0.3 is 0 Å². The SMILES string of the molecule is C1=CC2=C(CCC[N]2)NC1. The number of hydrogen-bond acceptors (Lipinski definition) is 1. The Hall–Kier alpha value is -0.920. The summed E-state index contributed by atoms with van der Waals surface area (Å²) in [5, 5.41) is 7.70. The molecule has 0 saturated carbocycles. The van der Waals surface area contributed by atoms with E-state index in [0.717, 1.165) is 13.1 Å². The van der Waals surface area contributed by atoms with Crippen molar-refractivity contribution in [2.24, 2.45) is 0 Å². The van der Waals surface area contributed by atoms with Crippen LogP contribution in [-0.2, 0) is 0 Å². The fraction of sp³-hybridized carbons (Fsp3) is 0.500. The van der Waals surface area contributed by atoms with E-state index in [4.69, 9.17) is 0 Å². The van der Waals surface area contributed by atoms with E-state index < -0.39 is 0 Å². The largest absolute Gasteiger partial charge is 0.383 e. The lowest BCUT2D eigenvalue weighted by atomic mass is 10.1. The first-order valence-corrected chi connectivity index (χ1v) is 3.78. The van der Waals surface area contributed by atoms with Crippen molar-refractivity contribution in [1.29, 1.82) is 0 Å². The van der Waals surface area contributed by atoms with Gasteiger partial charge in [-0.05, 0) is 18.9 Å². The Labute approximate surface area is 61.0 Å². The Morgan fingerprint density at radius 3 is 3.40 bits per heavy atom. The van der Waals surface area contributed by atoms with Crippen LogP contribution in [0.1, 0.15) is 12.8 Å². The molecule has 0 atom stereocenters. The van der Waals surface area contributed by atoms with Crippen LogP contribution in [0.5, 0.6) is 0 Å². The summed E-state index contributed by atoms with van der Waals surface area (Å²) in [6.45, 7) is 1.99. The molecule has 0 aliphatic carbocycles. The van der Waals surface area contributed by atoms with Crippen LogP contribution in [0.4, 0.5) is 0 Å². The highest BCUT2D eigenvalue weighted by molar-refractivity contribution is 5.28. The Bertz CT molecular complexity index is 191. The van der Waals surface area contributed by atoms with Gasteiger partial charge in [0.05, 0.1) is 5.70 Å². The quantitative estimate of drug-likeness (QED) is 0.521. The fourth-order valence-corrected chi connectivity index (χ4v) is 1.36. The fourth-order valence-electron chi connectivity index (χ4n) is 1.36. The molecule has 0 aromatic rings. The summed E-state index contributed by atoms with van der Waals surface area (Å²) in [4.78, 5) is 0. The maximum Gasteiger partial charge on any atom is 0.0760 e. The van der Waals surface area contributed by atoms with Crippen LogP contribution >= 0.6 is 0 Å². The minimum absolute atomic E-state index is 0.981. The van der Waals surface area contributed by atoms with Crippen LogP contribution in [0, 0.1) is 0 Å². The second-order valence-corrected chi connectivity index (χ2v) is 2.63. The number of allylic oxidation sites excluding steroid dienone is 2. The Kier molecular flexibility index (Phi) is 1.38. The predicted molar refractivity (Wildman–Crippen MR) is 40.4 cm³/mol. The van der Waals surface area contributed by atoms with Gasteiger partial charge in [-0.1, -0.05) is 6.08 Å². The van der Waals surface area contributed by atoms with E-state index in [-0.39, 0.29) is 0 Å². The first kappa shape index (κ1) is 5.83. The Morgan fingerprint density at radius 2 is 2.50 bits per heavy atom. The third-order valence-corrected chi connectivity index (χ3v) is 1.89. The van der Waals surface area contributed by atoms with Crippen molar-refractivity contribution in [3.05, 3.63) is 23.5 Å². The molecule has 0 amide bonds. The van der Waals surface area contributed by atoms with Gasteiger partial charge in [-0.15, -0.1) is 0 Å². The lowest BCUT2D eigenvalue weighted by Crippen LogP contribution is -2.26. The third-order valence-electron chi connectivity index (χ3n) is 1.89. The van der Waals surface area contributed by atoms with E-state index in [2.05, 4.69) is 22.8 Å². The Balaban J connectivity index is 2.23. The standard InChI is InChI=1S/C8H11N2/c1-3-7-8(9-5-1)4-2-6-10-7/h1,3,9H,2,4-6H2. The summed E-state index contributed by atoms with van der Waals surface area (Å²) in [7, 11) is 0. The molecule has 1 N–H and O–H groups in total. The monoisotopic (exact) mass is 135 g/mol. The zero-order chi connectivity index (χ0) is 6.81. The molecule has 1 radical (unpaired) electrons. The summed E-state index contributed by atoms with van der Waals surface area (Å²) in [6.07, 6.45) is 6.63. The molecule has 0 bridgehead atoms. The van der Waals surface area contributed by atoms with Crippen molar-refractivity contribution >= 4 is 0 Å². The highest BCUT2D eigenvalue weighted by Crippen LogP contribution is 2.15. The van der Waals surface area contributed by atoms with E-state index >= 15 is 0 Å². The van der Waals surface area contributed by atoms with Crippen molar-refractivity contribution < 1.29 is 0 Å². The summed E-state index contributed by atoms with van der Waals surface area (Å²) < 4.78 is 0. The molecule has 2 aliphatic heterocycles. The van der Waals surface area contributed by atoms with E-state index in [0.29, 0.717) is 0 Å². The molecule has 0 unspecified atom stereocenters. The second kappa shape index (κ2) is 2.37. The number of nitrogens with one attached hydrogen (secondary N) is 1. The molecule has 53 valence electrons. The number of nitrogens with zero attached hydrogens (tertiary/aromatic N) is 1. The van der Waals surface area contributed by atoms with Crippen molar-refractivity contribution in [2.75, 3.05) is 13.1 Å². The molecular weight excluding hydrogens is 124 g/mol. The average Bonchev–Trinajstić information content (AvgIpc) is 2.05. The van der Waals surface area contributed by atoms with Crippen LogP contribution in [-0.4, -0.2) is 13.1 Å². The molecule has 2 rings (SSSR count). The molecule has 2 nitrogen and oxygen atoms in total. The number of hydrogen-bond donors (Lipinski definition) is 1. The molecule has 2 aliphatic rings. The van der Waals surface area contributed by atoms with E-state index in [1.54, 1.807) is 0 Å². The van der Waals surface area contributed by atoms with Gasteiger partial charge in [0.1, 0.15) is 0 Å². The number of dihydropyridines is 1. The maximum atomic E-state index is 4.38. The zero-order valence-corrected chi connectivity index (χ0v) is 5.93. The van der Waals surface area contributed by atoms with Gasteiger partial charge < -0.3 is 5.32 Å². The van der Waals surface area contributed by atoms with E-state index in [1.807, 2.05) is 0 Å². The van der Waals surface area contributed by atoms with E-state index in [9.17, 15) is 0 Å². The summed E-state index contributed by atoms with van der Waals surface area (Å²) >= 11 is 0. The summed E-state index contributed by atoms with van der Waals surface area (Å²) in [6, 6.07) is 0. The maximum absolute atomic E-state index is 4.38. The molecule has 0 spiro atoms. The minimum Gasteiger partial charge on any atom is -0.383 e. The molecular formula is C8H11N2. The molecule has 0 fully saturated rings. The molecule has 0 aromatic heterocycles. The second-order valence-electron chi connectivity index (χ2n) is 2.63. The first-order chi connectivity index (χ1) is 4.97. The summed E-state index contributed by atoms with van der Waals surface area (Å²) in [5.74, 6) is 0. The molecule has 2 heterocycles. The molecule has 0 aromatic carbocycles. The summed E-state index contributed by atoms with van der Waals surface area (Å²) in [5.41, 5.74) is 2.52. The van der Waals surface area contributed by atoms with Crippen LogP contribution in [0.15, 0.2) is 23.5 Å². The van der Waals surface area contributed by atoms with Crippen molar-refractivity contribution in [3.63, 3.8) is 0 Å². The van der Waals surface area contributed by atoms with Crippen LogP contribution < -0.4 is 10.6 Å². The van der Waals surface area contributed by atoms with Gasteiger partial charge in [0.2, 0.25) is 0 Å². The van der Waals surface area contributed by atoms with Crippen LogP contribution in [0.2, 0.25) is 0 Å². The smallest absolute Gasteiger partial charge is 0.0760 e. The van der Waals surface area contributed by atoms with Crippen molar-refractivity contribution in [3.8, 4) is 0 Å². The first-order valence-electron chi connectivity index (χ1n) is 3.78. The molecule has 2 heteroatoms. The van der Waals surface area contributed by atoms with Crippen LogP contribution in [0.3, 0.4) is 0 Å². The van der Waals surface area contributed by atoms with Crippen LogP contribution in [0.25, 0.3) is 0 Å². The third kappa shape index (κ3) is 0.897. The van der Waals surface area contributed by atoms with Gasteiger partial charge in [0.15, 0.2) is 0 Å². The lowest BCUT2D eigenvalue weighted by molar-refractivity contribution is 0.616. The van der Waals surface area contributed by atoms with Gasteiger partial charge in [-0.25, -0.2) is 0 Å². The molecule has 10 heavy (non-hydrogen) atoms. The average molecular weight is 135 g/mol. The highest BCUT2D eigenvalue weighted by atomic mass is 15.0. The Morgan fingerprint density at radius 1 is 1.50 bits per heavy atom. The van der Waals surface area contributed by atoms with Crippen molar-refractivity contribution in [2.45, 2.75) is 12.8 Å². The lowest BCUT2D eigenvalue weighted by Gasteiger charge is -2.21. The predicted octanol–water partition coefficient (Wildman–Crippen LogP) is 0.756. The highest BCUT2D eigenvalue weighted by Gasteiger charge is 2.12. The minimum atomic E-state index is 0.981. The van der Waals surface area contributed by atoms with Gasteiger partial charge in [-0.2, -0.15) is 0 Å². The normalized spacial score (nSPS) is 23.2. The topological polar surface area (TPSA) is 26.1 Å². The van der Waals surface area contributed by atoms with Crippen molar-refractivity contribution in [1.82, 2.24) is 10.6 Å².